The van der Waals surface area contributed by atoms with Gasteiger partial charge in [-0.25, -0.2) is 0 Å². The number of benzene rings is 2. The summed E-state index contributed by atoms with van der Waals surface area (Å²) >= 11 is 0. The fourth-order valence-electron chi connectivity index (χ4n) is 2.83. The average Bonchev–Trinajstić information content (AvgIpc) is 2.70. The number of alkyl halides is 4. The van der Waals surface area contributed by atoms with Crippen molar-refractivity contribution < 1.29 is 22.7 Å². The highest BCUT2D eigenvalue weighted by molar-refractivity contribution is 7.18. The predicted octanol–water partition coefficient (Wildman–Crippen LogP) is 3.88. The first-order valence-corrected chi connectivity index (χ1v) is 11.2. The SMILES string of the molecule is NCCCNCCC(CN)c1ccc(O)cc1.Nc1cc(C(F)(F)P)cc(C(F)(F)P)c1. The molecule has 0 aliphatic rings. The van der Waals surface area contributed by atoms with E-state index in [4.69, 9.17) is 17.2 Å². The number of phenols is 1. The van der Waals surface area contributed by atoms with E-state index < -0.39 is 22.5 Å². The lowest BCUT2D eigenvalue weighted by Crippen LogP contribution is -2.23. The van der Waals surface area contributed by atoms with Crippen molar-refractivity contribution in [3.63, 3.8) is 0 Å². The second-order valence-electron chi connectivity index (χ2n) is 7.29. The molecule has 0 amide bonds. The average molecular weight is 494 g/mol. The zero-order chi connectivity index (χ0) is 24.4. The van der Waals surface area contributed by atoms with Gasteiger partial charge in [-0.2, -0.15) is 17.6 Å². The monoisotopic (exact) mass is 494 g/mol. The Labute approximate surface area is 190 Å². The molecule has 32 heavy (non-hydrogen) atoms. The molecule has 5 nitrogen and oxygen atoms in total. The first kappa shape index (κ1) is 28.5. The topological polar surface area (TPSA) is 110 Å². The van der Waals surface area contributed by atoms with Gasteiger partial charge in [-0.05, 0) is 80.8 Å². The van der Waals surface area contributed by atoms with Crippen LogP contribution in [0.15, 0.2) is 42.5 Å². The van der Waals surface area contributed by atoms with Crippen LogP contribution in [-0.2, 0) is 11.3 Å². The second-order valence-corrected chi connectivity index (χ2v) is 8.74. The normalized spacial score (nSPS) is 12.8. The zero-order valence-electron chi connectivity index (χ0n) is 17.7. The van der Waals surface area contributed by atoms with Gasteiger partial charge in [-0.15, -0.1) is 0 Å². The maximum Gasteiger partial charge on any atom is 0.283 e. The number of halogens is 4. The highest BCUT2D eigenvalue weighted by Gasteiger charge is 2.30. The molecule has 0 aromatic heterocycles. The van der Waals surface area contributed by atoms with Crippen LogP contribution in [0.3, 0.4) is 0 Å². The van der Waals surface area contributed by atoms with Crippen molar-refractivity contribution >= 4 is 24.2 Å². The highest BCUT2D eigenvalue weighted by Crippen LogP contribution is 2.41. The van der Waals surface area contributed by atoms with Gasteiger partial charge in [0.25, 0.3) is 11.3 Å². The molecule has 0 radical (unpaired) electrons. The number of nitrogens with two attached hydrogens (primary N) is 3. The van der Waals surface area contributed by atoms with Crippen molar-refractivity contribution in [1.29, 1.82) is 0 Å². The summed E-state index contributed by atoms with van der Waals surface area (Å²) in [5.41, 5.74) is 9.90. The fourth-order valence-corrected chi connectivity index (χ4v) is 3.17. The van der Waals surface area contributed by atoms with Crippen LogP contribution in [0.25, 0.3) is 0 Å². The van der Waals surface area contributed by atoms with Gasteiger partial charge in [-0.3, -0.25) is 0 Å². The van der Waals surface area contributed by atoms with Gasteiger partial charge in [0, 0.05) is 16.8 Å². The minimum absolute atomic E-state index is 0.119. The van der Waals surface area contributed by atoms with Crippen LogP contribution >= 0.6 is 18.5 Å². The molecule has 0 aliphatic carbocycles. The standard InChI is InChI=1S/C13H23N3O.C8H9F4NP2/c14-7-1-8-16-9-6-12(10-15)11-2-4-13(17)5-3-11;9-7(10,14)4-1-5(8(11,12)15)3-6(13)2-4/h2-5,12,16-17H,1,6-10,14-15H2;1-3H,13-15H2. The molecular weight excluding hydrogens is 462 g/mol. The molecule has 11 heteroatoms. The van der Waals surface area contributed by atoms with Crippen LogP contribution in [0.5, 0.6) is 5.75 Å². The molecule has 3 unspecified atom stereocenters. The third-order valence-corrected chi connectivity index (χ3v) is 5.27. The quantitative estimate of drug-likeness (QED) is 0.149. The molecule has 0 saturated carbocycles. The number of nitrogen functional groups attached to an aromatic ring is 1. The Morgan fingerprint density at radius 3 is 1.88 bits per heavy atom. The van der Waals surface area contributed by atoms with E-state index in [2.05, 4.69) is 5.32 Å². The molecule has 0 bridgehead atoms. The number of aromatic hydroxyl groups is 1. The first-order valence-electron chi connectivity index (χ1n) is 10.0. The summed E-state index contributed by atoms with van der Waals surface area (Å²) in [7, 11) is 2.55. The lowest BCUT2D eigenvalue weighted by atomic mass is 9.96. The van der Waals surface area contributed by atoms with Gasteiger partial charge in [-0.1, -0.05) is 30.6 Å². The van der Waals surface area contributed by atoms with E-state index in [0.29, 0.717) is 18.2 Å². The van der Waals surface area contributed by atoms with Crippen LogP contribution in [0.4, 0.5) is 23.2 Å². The summed E-state index contributed by atoms with van der Waals surface area (Å²) in [6.07, 6.45) is 2.01. The van der Waals surface area contributed by atoms with Crippen molar-refractivity contribution in [3.8, 4) is 5.75 Å². The van der Waals surface area contributed by atoms with Crippen LogP contribution in [0.1, 0.15) is 35.4 Å². The summed E-state index contributed by atoms with van der Waals surface area (Å²) in [4.78, 5) is 0. The van der Waals surface area contributed by atoms with Gasteiger partial charge in [0.2, 0.25) is 0 Å². The van der Waals surface area contributed by atoms with Gasteiger partial charge < -0.3 is 27.6 Å². The maximum absolute atomic E-state index is 12.9. The molecular formula is C21H32F4N4OP2. The highest BCUT2D eigenvalue weighted by atomic mass is 31.0. The molecule has 8 N–H and O–H groups in total. The number of rotatable bonds is 10. The smallest absolute Gasteiger partial charge is 0.283 e. The summed E-state index contributed by atoms with van der Waals surface area (Å²) in [5.74, 6) is 0.645. The molecule has 0 spiro atoms. The first-order chi connectivity index (χ1) is 14.9. The summed E-state index contributed by atoms with van der Waals surface area (Å²) < 4.78 is 51.4. The van der Waals surface area contributed by atoms with Crippen molar-refractivity contribution in [2.24, 2.45) is 11.5 Å². The Morgan fingerprint density at radius 2 is 1.44 bits per heavy atom. The summed E-state index contributed by atoms with van der Waals surface area (Å²) in [6, 6.07) is 9.95. The molecule has 0 fully saturated rings. The minimum Gasteiger partial charge on any atom is -0.508 e. The van der Waals surface area contributed by atoms with Gasteiger partial charge in [0.1, 0.15) is 5.75 Å². The van der Waals surface area contributed by atoms with Crippen LogP contribution in [0, 0.1) is 0 Å². The van der Waals surface area contributed by atoms with E-state index in [9.17, 15) is 22.7 Å². The molecule has 2 rings (SSSR count). The van der Waals surface area contributed by atoms with E-state index in [1.165, 1.54) is 24.0 Å². The number of hydrogen-bond acceptors (Lipinski definition) is 5. The molecule has 3 atom stereocenters. The van der Waals surface area contributed by atoms with Crippen LogP contribution in [-0.4, -0.2) is 31.3 Å². The van der Waals surface area contributed by atoms with Crippen molar-refractivity contribution in [1.82, 2.24) is 5.32 Å². The molecule has 2 aromatic rings. The van der Waals surface area contributed by atoms with Gasteiger partial charge in [0.15, 0.2) is 0 Å². The van der Waals surface area contributed by atoms with Crippen LogP contribution in [0.2, 0.25) is 0 Å². The molecule has 0 saturated heterocycles. The van der Waals surface area contributed by atoms with Gasteiger partial charge >= 0.3 is 0 Å². The maximum atomic E-state index is 12.9. The lowest BCUT2D eigenvalue weighted by molar-refractivity contribution is 0.0966. The predicted molar refractivity (Wildman–Crippen MR) is 129 cm³/mol. The second kappa shape index (κ2) is 13.3. The number of hydrogen-bond donors (Lipinski definition) is 5. The van der Waals surface area contributed by atoms with E-state index in [1.54, 1.807) is 12.1 Å². The van der Waals surface area contributed by atoms with Gasteiger partial charge in [0.05, 0.1) is 0 Å². The van der Waals surface area contributed by atoms with E-state index in [0.717, 1.165) is 50.7 Å². The molecule has 180 valence electrons. The third kappa shape index (κ3) is 10.4. The molecule has 0 heterocycles. The lowest BCUT2D eigenvalue weighted by Gasteiger charge is -2.16. The Kier molecular flexibility index (Phi) is 11.8. The Hall–Kier alpha value is -1.50. The zero-order valence-corrected chi connectivity index (χ0v) is 20.0. The number of phenolic OH excluding ortho intramolecular Hbond substituents is 1. The largest absolute Gasteiger partial charge is 0.508 e. The Balaban J connectivity index is 0.000000323. The van der Waals surface area contributed by atoms with E-state index in [-0.39, 0.29) is 5.69 Å². The van der Waals surface area contributed by atoms with Crippen molar-refractivity contribution in [2.75, 3.05) is 31.9 Å². The van der Waals surface area contributed by atoms with Crippen LogP contribution < -0.4 is 22.5 Å². The minimum atomic E-state index is -3.26. The Morgan fingerprint density at radius 1 is 0.906 bits per heavy atom. The Bertz CT molecular complexity index is 783. The number of anilines is 1. The fraction of sp³-hybridized carbons (Fsp3) is 0.429. The summed E-state index contributed by atoms with van der Waals surface area (Å²) in [6.45, 7) is 3.26. The van der Waals surface area contributed by atoms with E-state index >= 15 is 0 Å². The molecule has 0 aliphatic heterocycles. The van der Waals surface area contributed by atoms with Crippen molar-refractivity contribution in [3.05, 3.63) is 59.2 Å². The molecule has 2 aromatic carbocycles. The van der Waals surface area contributed by atoms with Crippen molar-refractivity contribution in [2.45, 2.75) is 30.1 Å². The third-order valence-electron chi connectivity index (χ3n) is 4.60. The number of nitrogens with one attached hydrogen (secondary N) is 1. The summed E-state index contributed by atoms with van der Waals surface area (Å²) in [5, 5.41) is 12.6. The van der Waals surface area contributed by atoms with E-state index in [1.807, 2.05) is 12.1 Å².